The third kappa shape index (κ3) is 3.15. The number of aromatic amines is 1. The molecule has 0 aliphatic carbocycles. The summed E-state index contributed by atoms with van der Waals surface area (Å²) in [4.78, 5) is 17.8. The number of nitrogens with one attached hydrogen (secondary N) is 1. The van der Waals surface area contributed by atoms with Gasteiger partial charge in [0, 0.05) is 12.7 Å². The third-order valence-corrected chi connectivity index (χ3v) is 4.62. The summed E-state index contributed by atoms with van der Waals surface area (Å²) in [5, 5.41) is 1.16. The molecule has 0 saturated heterocycles. The first kappa shape index (κ1) is 15.5. The van der Waals surface area contributed by atoms with Crippen molar-refractivity contribution in [1.82, 2.24) is 9.88 Å². The topological polar surface area (TPSA) is 45.3 Å². The van der Waals surface area contributed by atoms with Crippen LogP contribution in [-0.4, -0.2) is 22.5 Å². The van der Waals surface area contributed by atoms with Crippen LogP contribution in [0.25, 0.3) is 10.9 Å². The second-order valence-electron chi connectivity index (χ2n) is 6.20. The van der Waals surface area contributed by atoms with Crippen molar-refractivity contribution in [2.75, 3.05) is 6.54 Å². The lowest BCUT2D eigenvalue weighted by Gasteiger charge is -2.32. The van der Waals surface area contributed by atoms with Crippen LogP contribution < -0.4 is 0 Å². The molecule has 1 aromatic heterocycles. The van der Waals surface area contributed by atoms with Gasteiger partial charge in [0.25, 0.3) is 0 Å². The average molecular weight is 332 g/mol. The minimum absolute atomic E-state index is 0.0179. The van der Waals surface area contributed by atoms with Gasteiger partial charge in [-0.25, -0.2) is 4.79 Å². The van der Waals surface area contributed by atoms with Crippen molar-refractivity contribution >= 4 is 17.0 Å². The minimum atomic E-state index is -0.276. The van der Waals surface area contributed by atoms with E-state index in [2.05, 4.69) is 29.3 Å². The van der Waals surface area contributed by atoms with E-state index in [-0.39, 0.29) is 12.1 Å². The molecule has 1 amide bonds. The molecule has 2 aromatic carbocycles. The van der Waals surface area contributed by atoms with Gasteiger partial charge >= 0.3 is 6.09 Å². The van der Waals surface area contributed by atoms with Crippen LogP contribution in [0.2, 0.25) is 0 Å². The summed E-state index contributed by atoms with van der Waals surface area (Å²) in [5.41, 5.74) is 3.21. The molecule has 3 aromatic rings. The van der Waals surface area contributed by atoms with E-state index in [1.807, 2.05) is 48.7 Å². The molecule has 0 fully saturated rings. The van der Waals surface area contributed by atoms with Crippen LogP contribution in [0, 0.1) is 0 Å². The van der Waals surface area contributed by atoms with Crippen molar-refractivity contribution < 1.29 is 9.53 Å². The molecule has 0 radical (unpaired) electrons. The Kier molecular flexibility index (Phi) is 4.25. The summed E-state index contributed by atoms with van der Waals surface area (Å²) in [6.07, 6.45) is 6.60. The molecular weight excluding hydrogens is 312 g/mol. The fourth-order valence-corrected chi connectivity index (χ4v) is 3.35. The molecule has 1 N–H and O–H groups in total. The molecule has 0 spiro atoms. The second kappa shape index (κ2) is 6.85. The number of ether oxygens (including phenoxy) is 1. The maximum absolute atomic E-state index is 12.7. The smallest absolute Gasteiger partial charge is 0.410 e. The third-order valence-electron chi connectivity index (χ3n) is 4.62. The maximum Gasteiger partial charge on any atom is 0.410 e. The summed E-state index contributed by atoms with van der Waals surface area (Å²) in [6, 6.07) is 18.0. The molecule has 25 heavy (non-hydrogen) atoms. The number of hydrogen-bond donors (Lipinski definition) is 1. The largest absolute Gasteiger partial charge is 0.445 e. The van der Waals surface area contributed by atoms with E-state index in [0.717, 1.165) is 28.5 Å². The zero-order chi connectivity index (χ0) is 17.1. The molecule has 1 aliphatic heterocycles. The lowest BCUT2D eigenvalue weighted by molar-refractivity contribution is 0.0834. The average Bonchev–Trinajstić information content (AvgIpc) is 3.16. The van der Waals surface area contributed by atoms with Crippen LogP contribution in [0.15, 0.2) is 72.9 Å². The number of H-pyrrole nitrogens is 1. The van der Waals surface area contributed by atoms with Gasteiger partial charge in [-0.05, 0) is 29.0 Å². The van der Waals surface area contributed by atoms with E-state index in [9.17, 15) is 4.79 Å². The van der Waals surface area contributed by atoms with Gasteiger partial charge in [0.1, 0.15) is 6.61 Å². The molecule has 4 heteroatoms. The van der Waals surface area contributed by atoms with Crippen molar-refractivity contribution in [2.24, 2.45) is 0 Å². The minimum Gasteiger partial charge on any atom is -0.445 e. The standard InChI is InChI=1S/C21H20N2O2/c24-21(25-15-16-7-2-1-3-8-16)23-14-5-4-11-19(23)18-10-6-9-17-12-13-22-20(17)18/h1-10,12-13,19,22H,11,14-15H2. The van der Waals surface area contributed by atoms with E-state index in [1.54, 1.807) is 4.90 Å². The van der Waals surface area contributed by atoms with E-state index in [1.165, 1.54) is 0 Å². The summed E-state index contributed by atoms with van der Waals surface area (Å²) >= 11 is 0. The maximum atomic E-state index is 12.7. The monoisotopic (exact) mass is 332 g/mol. The molecule has 1 atom stereocenters. The van der Waals surface area contributed by atoms with Crippen molar-refractivity contribution in [2.45, 2.75) is 19.1 Å². The van der Waals surface area contributed by atoms with Crippen molar-refractivity contribution in [1.29, 1.82) is 0 Å². The molecule has 0 bridgehead atoms. The fourth-order valence-electron chi connectivity index (χ4n) is 3.35. The lowest BCUT2D eigenvalue weighted by atomic mass is 9.97. The van der Waals surface area contributed by atoms with Gasteiger partial charge in [0.05, 0.1) is 11.6 Å². The van der Waals surface area contributed by atoms with Crippen LogP contribution >= 0.6 is 0 Å². The molecular formula is C21H20N2O2. The Hall–Kier alpha value is -3.01. The highest BCUT2D eigenvalue weighted by Crippen LogP contribution is 2.32. The molecule has 1 unspecified atom stereocenters. The number of nitrogens with zero attached hydrogens (tertiary/aromatic N) is 1. The number of benzene rings is 2. The van der Waals surface area contributed by atoms with Gasteiger partial charge < -0.3 is 9.72 Å². The number of fused-ring (bicyclic) bond motifs is 1. The number of aromatic nitrogens is 1. The summed E-state index contributed by atoms with van der Waals surface area (Å²) < 4.78 is 5.56. The molecule has 4 rings (SSSR count). The number of carbonyl (C=O) groups is 1. The van der Waals surface area contributed by atoms with E-state index >= 15 is 0 Å². The normalized spacial score (nSPS) is 17.0. The Balaban J connectivity index is 1.56. The number of carbonyl (C=O) groups excluding carboxylic acids is 1. The number of rotatable bonds is 3. The summed E-state index contributed by atoms with van der Waals surface area (Å²) in [5.74, 6) is 0. The van der Waals surface area contributed by atoms with Crippen LogP contribution in [0.1, 0.15) is 23.6 Å². The Morgan fingerprint density at radius 2 is 1.96 bits per heavy atom. The Bertz CT molecular complexity index is 898. The molecule has 1 aliphatic rings. The van der Waals surface area contributed by atoms with Crippen LogP contribution in [0.4, 0.5) is 4.79 Å². The first-order valence-electron chi connectivity index (χ1n) is 8.51. The number of para-hydroxylation sites is 1. The molecule has 0 saturated carbocycles. The Morgan fingerprint density at radius 1 is 1.08 bits per heavy atom. The Morgan fingerprint density at radius 3 is 2.84 bits per heavy atom. The van der Waals surface area contributed by atoms with Gasteiger partial charge in [0.15, 0.2) is 0 Å². The first-order chi connectivity index (χ1) is 12.3. The van der Waals surface area contributed by atoms with Gasteiger partial charge in [-0.1, -0.05) is 60.7 Å². The summed E-state index contributed by atoms with van der Waals surface area (Å²) in [7, 11) is 0. The van der Waals surface area contributed by atoms with E-state index < -0.39 is 0 Å². The predicted octanol–water partition coefficient (Wildman–Crippen LogP) is 4.81. The van der Waals surface area contributed by atoms with Gasteiger partial charge in [0.2, 0.25) is 0 Å². The van der Waals surface area contributed by atoms with Crippen LogP contribution in [0.5, 0.6) is 0 Å². The molecule has 2 heterocycles. The zero-order valence-electron chi connectivity index (χ0n) is 13.9. The van der Waals surface area contributed by atoms with Gasteiger partial charge in [-0.15, -0.1) is 0 Å². The zero-order valence-corrected chi connectivity index (χ0v) is 13.9. The fraction of sp³-hybridized carbons (Fsp3) is 0.190. The highest BCUT2D eigenvalue weighted by atomic mass is 16.6. The highest BCUT2D eigenvalue weighted by molar-refractivity contribution is 5.83. The number of hydrogen-bond acceptors (Lipinski definition) is 2. The second-order valence-corrected chi connectivity index (χ2v) is 6.20. The summed E-state index contributed by atoms with van der Waals surface area (Å²) in [6.45, 7) is 0.856. The molecule has 4 nitrogen and oxygen atoms in total. The van der Waals surface area contributed by atoms with Gasteiger partial charge in [-0.2, -0.15) is 0 Å². The SMILES string of the molecule is O=C(OCc1ccccc1)N1CC=CCC1c1cccc2cc[nH]c12. The molecule has 126 valence electrons. The van der Waals surface area contributed by atoms with E-state index in [4.69, 9.17) is 4.74 Å². The number of amides is 1. The van der Waals surface area contributed by atoms with Crippen molar-refractivity contribution in [3.8, 4) is 0 Å². The highest BCUT2D eigenvalue weighted by Gasteiger charge is 2.28. The Labute approximate surface area is 146 Å². The quantitative estimate of drug-likeness (QED) is 0.700. The first-order valence-corrected chi connectivity index (χ1v) is 8.51. The van der Waals surface area contributed by atoms with Crippen LogP contribution in [0.3, 0.4) is 0 Å². The van der Waals surface area contributed by atoms with Crippen LogP contribution in [-0.2, 0) is 11.3 Å². The van der Waals surface area contributed by atoms with E-state index in [0.29, 0.717) is 13.2 Å². The van der Waals surface area contributed by atoms with Crippen molar-refractivity contribution in [3.63, 3.8) is 0 Å². The lowest BCUT2D eigenvalue weighted by Crippen LogP contribution is -2.37. The predicted molar refractivity (Wildman–Crippen MR) is 98.1 cm³/mol. The van der Waals surface area contributed by atoms with Crippen molar-refractivity contribution in [3.05, 3.63) is 84.1 Å². The van der Waals surface area contributed by atoms with Gasteiger partial charge in [-0.3, -0.25) is 4.90 Å².